The summed E-state index contributed by atoms with van der Waals surface area (Å²) in [6, 6.07) is 10.0. The van der Waals surface area contributed by atoms with E-state index in [4.69, 9.17) is 4.74 Å². The van der Waals surface area contributed by atoms with Gasteiger partial charge < -0.3 is 4.74 Å². The number of halogens is 2. The second-order valence-corrected chi connectivity index (χ2v) is 7.15. The zero-order chi connectivity index (χ0) is 18.4. The number of nitrogens with one attached hydrogen (secondary N) is 1. The van der Waals surface area contributed by atoms with Crippen molar-refractivity contribution in [2.45, 2.75) is 25.9 Å². The molecule has 0 spiro atoms. The molecular weight excluding hydrogens is 348 g/mol. The summed E-state index contributed by atoms with van der Waals surface area (Å²) in [6.45, 7) is 3.18. The quantitative estimate of drug-likeness (QED) is 0.765. The topological polar surface area (TPSA) is 41.2 Å². The zero-order valence-electron chi connectivity index (χ0n) is 14.8. The van der Waals surface area contributed by atoms with Crippen LogP contribution in [0.3, 0.4) is 0 Å². The van der Waals surface area contributed by atoms with Gasteiger partial charge in [0.05, 0.1) is 12.3 Å². The highest BCUT2D eigenvalue weighted by atomic mass is 19.1. The first-order valence-corrected chi connectivity index (χ1v) is 9.16. The molecule has 1 aromatic heterocycles. The third-order valence-corrected chi connectivity index (χ3v) is 5.36. The normalized spacial score (nSPS) is 16.1. The second-order valence-electron chi connectivity index (χ2n) is 7.15. The van der Waals surface area contributed by atoms with E-state index >= 15 is 0 Å². The Kier molecular flexibility index (Phi) is 3.93. The van der Waals surface area contributed by atoms with E-state index in [2.05, 4.69) is 27.2 Å². The number of nitrogens with zero attached hydrogens (tertiary/aromatic N) is 2. The number of ether oxygens (including phenoxy) is 1. The molecule has 27 heavy (non-hydrogen) atoms. The Morgan fingerprint density at radius 2 is 2.04 bits per heavy atom. The van der Waals surface area contributed by atoms with Gasteiger partial charge in [0, 0.05) is 55.4 Å². The minimum Gasteiger partial charge on any atom is -0.493 e. The molecule has 3 aromatic rings. The Bertz CT molecular complexity index is 1010. The number of hydrogen-bond donors (Lipinski definition) is 1. The summed E-state index contributed by atoms with van der Waals surface area (Å²) >= 11 is 0. The van der Waals surface area contributed by atoms with Crippen molar-refractivity contribution >= 4 is 0 Å². The van der Waals surface area contributed by atoms with Crippen LogP contribution in [0.5, 0.6) is 5.75 Å². The Morgan fingerprint density at radius 1 is 1.11 bits per heavy atom. The summed E-state index contributed by atoms with van der Waals surface area (Å²) in [5.74, 6) is -0.175. The highest BCUT2D eigenvalue weighted by Gasteiger charge is 2.24. The van der Waals surface area contributed by atoms with Gasteiger partial charge in [0.25, 0.3) is 0 Å². The molecule has 0 atom stereocenters. The van der Waals surface area contributed by atoms with E-state index < -0.39 is 11.6 Å². The molecule has 0 bridgehead atoms. The van der Waals surface area contributed by atoms with Crippen molar-refractivity contribution in [3.05, 3.63) is 70.4 Å². The number of fused-ring (bicyclic) bond motifs is 2. The van der Waals surface area contributed by atoms with Crippen molar-refractivity contribution in [3.63, 3.8) is 0 Å². The van der Waals surface area contributed by atoms with Gasteiger partial charge in [-0.25, -0.2) is 8.78 Å². The molecule has 2 aliphatic heterocycles. The van der Waals surface area contributed by atoms with E-state index in [1.54, 1.807) is 0 Å². The molecule has 2 aliphatic rings. The predicted molar refractivity (Wildman–Crippen MR) is 97.4 cm³/mol. The van der Waals surface area contributed by atoms with E-state index in [-0.39, 0.29) is 0 Å². The molecule has 0 fully saturated rings. The van der Waals surface area contributed by atoms with Crippen LogP contribution < -0.4 is 4.74 Å². The van der Waals surface area contributed by atoms with Gasteiger partial charge in [0.2, 0.25) is 0 Å². The van der Waals surface area contributed by atoms with Gasteiger partial charge >= 0.3 is 0 Å². The van der Waals surface area contributed by atoms with Gasteiger partial charge in [0.15, 0.2) is 0 Å². The molecule has 4 nitrogen and oxygen atoms in total. The third-order valence-electron chi connectivity index (χ3n) is 5.36. The largest absolute Gasteiger partial charge is 0.493 e. The standard InChI is InChI=1S/C21H19F2N3O/c22-15-2-3-16(18(23)10-15)21-17-12-26(7-5-19(17)24-25-21)11-13-1-4-20-14(9-13)6-8-27-20/h1-4,9-10H,5-8,11-12H2,(H,24,25). The summed E-state index contributed by atoms with van der Waals surface area (Å²) in [4.78, 5) is 2.33. The molecule has 0 amide bonds. The molecule has 0 aliphatic carbocycles. The van der Waals surface area contributed by atoms with Crippen LogP contribution in [-0.4, -0.2) is 28.2 Å². The van der Waals surface area contributed by atoms with E-state index in [0.717, 1.165) is 55.6 Å². The van der Waals surface area contributed by atoms with Crippen molar-refractivity contribution in [1.82, 2.24) is 15.1 Å². The fraction of sp³-hybridized carbons (Fsp3) is 0.286. The Hall–Kier alpha value is -2.73. The Balaban J connectivity index is 1.40. The van der Waals surface area contributed by atoms with Gasteiger partial charge in [-0.1, -0.05) is 12.1 Å². The van der Waals surface area contributed by atoms with Crippen LogP contribution in [0.2, 0.25) is 0 Å². The molecule has 5 rings (SSSR count). The van der Waals surface area contributed by atoms with Gasteiger partial charge in [0.1, 0.15) is 17.4 Å². The lowest BCUT2D eigenvalue weighted by Gasteiger charge is -2.27. The fourth-order valence-electron chi connectivity index (χ4n) is 3.99. The van der Waals surface area contributed by atoms with Crippen molar-refractivity contribution in [3.8, 4) is 17.0 Å². The molecule has 0 saturated heterocycles. The van der Waals surface area contributed by atoms with Gasteiger partial charge in [-0.3, -0.25) is 10.00 Å². The van der Waals surface area contributed by atoms with Crippen LogP contribution in [0.15, 0.2) is 36.4 Å². The van der Waals surface area contributed by atoms with Gasteiger partial charge in [-0.2, -0.15) is 5.10 Å². The molecular formula is C21H19F2N3O. The molecule has 0 saturated carbocycles. The van der Waals surface area contributed by atoms with Crippen molar-refractivity contribution in [2.75, 3.05) is 13.2 Å². The maximum absolute atomic E-state index is 14.2. The van der Waals surface area contributed by atoms with E-state index in [1.807, 2.05) is 6.07 Å². The molecule has 138 valence electrons. The maximum atomic E-state index is 14.2. The number of H-pyrrole nitrogens is 1. The second kappa shape index (κ2) is 6.46. The molecule has 1 N–H and O–H groups in total. The zero-order valence-corrected chi connectivity index (χ0v) is 14.8. The van der Waals surface area contributed by atoms with Crippen LogP contribution in [-0.2, 0) is 25.9 Å². The average Bonchev–Trinajstić information content (AvgIpc) is 3.28. The lowest BCUT2D eigenvalue weighted by Crippen LogP contribution is -2.30. The summed E-state index contributed by atoms with van der Waals surface area (Å²) in [5.41, 5.74) is 5.46. The van der Waals surface area contributed by atoms with E-state index in [1.165, 1.54) is 23.3 Å². The maximum Gasteiger partial charge on any atom is 0.135 e. The number of benzene rings is 2. The molecule has 0 radical (unpaired) electrons. The van der Waals surface area contributed by atoms with Crippen molar-refractivity contribution < 1.29 is 13.5 Å². The molecule has 2 aromatic carbocycles. The summed E-state index contributed by atoms with van der Waals surface area (Å²) in [5, 5.41) is 7.35. The fourth-order valence-corrected chi connectivity index (χ4v) is 3.99. The number of aromatic nitrogens is 2. The van der Waals surface area contributed by atoms with Crippen LogP contribution in [0.4, 0.5) is 8.78 Å². The van der Waals surface area contributed by atoms with Gasteiger partial charge in [-0.15, -0.1) is 0 Å². The van der Waals surface area contributed by atoms with Crippen LogP contribution in [0.1, 0.15) is 22.4 Å². The highest BCUT2D eigenvalue weighted by Crippen LogP contribution is 2.32. The first kappa shape index (κ1) is 16.4. The SMILES string of the molecule is Fc1ccc(-c2n[nH]c3c2CN(Cc2ccc4c(c2)CCO4)CC3)c(F)c1. The summed E-state index contributed by atoms with van der Waals surface area (Å²) in [7, 11) is 0. The summed E-state index contributed by atoms with van der Waals surface area (Å²) < 4.78 is 33.1. The molecule has 3 heterocycles. The first-order chi connectivity index (χ1) is 13.2. The number of aromatic amines is 1. The lowest BCUT2D eigenvalue weighted by molar-refractivity contribution is 0.245. The van der Waals surface area contributed by atoms with Crippen LogP contribution in [0.25, 0.3) is 11.3 Å². The average molecular weight is 367 g/mol. The minimum absolute atomic E-state index is 0.338. The number of rotatable bonds is 3. The Morgan fingerprint density at radius 3 is 2.93 bits per heavy atom. The first-order valence-electron chi connectivity index (χ1n) is 9.16. The molecule has 0 unspecified atom stereocenters. The number of hydrogen-bond acceptors (Lipinski definition) is 3. The van der Waals surface area contributed by atoms with Crippen molar-refractivity contribution in [2.24, 2.45) is 0 Å². The Labute approximate surface area is 155 Å². The molecule has 6 heteroatoms. The third kappa shape index (κ3) is 3.00. The lowest BCUT2D eigenvalue weighted by atomic mass is 10.00. The smallest absolute Gasteiger partial charge is 0.135 e. The summed E-state index contributed by atoms with van der Waals surface area (Å²) in [6.07, 6.45) is 1.79. The van der Waals surface area contributed by atoms with E-state index in [9.17, 15) is 8.78 Å². The predicted octanol–water partition coefficient (Wildman–Crippen LogP) is 3.85. The van der Waals surface area contributed by atoms with Gasteiger partial charge in [-0.05, 0) is 29.3 Å². The van der Waals surface area contributed by atoms with Crippen LogP contribution >= 0.6 is 0 Å². The minimum atomic E-state index is -0.583. The monoisotopic (exact) mass is 367 g/mol. The highest BCUT2D eigenvalue weighted by molar-refractivity contribution is 5.65. The van der Waals surface area contributed by atoms with Crippen molar-refractivity contribution in [1.29, 1.82) is 0 Å². The van der Waals surface area contributed by atoms with Crippen LogP contribution in [0, 0.1) is 11.6 Å². The van der Waals surface area contributed by atoms with E-state index in [0.29, 0.717) is 17.8 Å².